The van der Waals surface area contributed by atoms with Crippen LogP contribution in [0.1, 0.15) is 28.9 Å². The zero-order chi connectivity index (χ0) is 20.1. The minimum Gasteiger partial charge on any atom is -0.389 e. The van der Waals surface area contributed by atoms with Crippen molar-refractivity contribution >= 4 is 46.1 Å². The van der Waals surface area contributed by atoms with Crippen LogP contribution in [0.5, 0.6) is 0 Å². The van der Waals surface area contributed by atoms with E-state index in [-0.39, 0.29) is 30.6 Å². The largest absolute Gasteiger partial charge is 0.389 e. The third-order valence-electron chi connectivity index (χ3n) is 4.41. The molecule has 2 heterocycles. The van der Waals surface area contributed by atoms with E-state index in [0.717, 1.165) is 24.2 Å². The van der Waals surface area contributed by atoms with Crippen LogP contribution in [-0.2, 0) is 4.79 Å². The molecule has 2 amide bonds. The lowest BCUT2D eigenvalue weighted by molar-refractivity contribution is -0.119. The predicted octanol–water partition coefficient (Wildman–Crippen LogP) is 3.26. The highest BCUT2D eigenvalue weighted by Crippen LogP contribution is 2.25. The standard InChI is InChI=1S/C19H21ClFN3O3S/c20-17-7-6-16(28-17)19(27)23-11-13(25)10-22-15-5-4-12(9-14(15)21)24-8-2-1-3-18(24)26/h4-7,9,13,22,25H,1-3,8,10-11H2,(H,23,27)/t13-/m1/s1. The highest BCUT2D eigenvalue weighted by molar-refractivity contribution is 7.17. The number of carbonyl (C=O) groups is 2. The van der Waals surface area contributed by atoms with Crippen molar-refractivity contribution < 1.29 is 19.1 Å². The van der Waals surface area contributed by atoms with Crippen molar-refractivity contribution in [2.45, 2.75) is 25.4 Å². The average molecular weight is 426 g/mol. The molecule has 0 unspecified atom stereocenters. The highest BCUT2D eigenvalue weighted by Gasteiger charge is 2.20. The average Bonchev–Trinajstić information content (AvgIpc) is 3.12. The van der Waals surface area contributed by atoms with Gasteiger partial charge in [0.15, 0.2) is 0 Å². The Hall–Kier alpha value is -2.16. The van der Waals surface area contributed by atoms with Gasteiger partial charge in [0.25, 0.3) is 5.91 Å². The fourth-order valence-electron chi connectivity index (χ4n) is 2.93. The van der Waals surface area contributed by atoms with Crippen LogP contribution in [-0.4, -0.2) is 42.7 Å². The molecule has 6 nitrogen and oxygen atoms in total. The Morgan fingerprint density at radius 3 is 2.79 bits per heavy atom. The summed E-state index contributed by atoms with van der Waals surface area (Å²) in [7, 11) is 0. The van der Waals surface area contributed by atoms with Crippen LogP contribution in [0, 0.1) is 5.82 Å². The lowest BCUT2D eigenvalue weighted by atomic mass is 10.1. The number of anilines is 2. The summed E-state index contributed by atoms with van der Waals surface area (Å²) in [6.07, 6.45) is 1.35. The molecule has 0 saturated carbocycles. The van der Waals surface area contributed by atoms with Crippen molar-refractivity contribution in [3.63, 3.8) is 0 Å². The van der Waals surface area contributed by atoms with E-state index >= 15 is 0 Å². The van der Waals surface area contributed by atoms with E-state index in [1.807, 2.05) is 0 Å². The lowest BCUT2D eigenvalue weighted by Gasteiger charge is -2.27. The molecule has 1 atom stereocenters. The van der Waals surface area contributed by atoms with Crippen molar-refractivity contribution in [1.29, 1.82) is 0 Å². The summed E-state index contributed by atoms with van der Waals surface area (Å²) in [6, 6.07) is 7.79. The molecule has 3 N–H and O–H groups in total. The summed E-state index contributed by atoms with van der Waals surface area (Å²) in [5.41, 5.74) is 0.763. The van der Waals surface area contributed by atoms with Gasteiger partial charge in [0.1, 0.15) is 5.82 Å². The van der Waals surface area contributed by atoms with Crippen LogP contribution < -0.4 is 15.5 Å². The third kappa shape index (κ3) is 5.21. The zero-order valence-electron chi connectivity index (χ0n) is 15.1. The Morgan fingerprint density at radius 1 is 1.29 bits per heavy atom. The second-order valence-electron chi connectivity index (χ2n) is 6.52. The monoisotopic (exact) mass is 425 g/mol. The van der Waals surface area contributed by atoms with E-state index in [2.05, 4.69) is 10.6 Å². The van der Waals surface area contributed by atoms with Gasteiger partial charge in [-0.1, -0.05) is 11.6 Å². The first-order valence-corrected chi connectivity index (χ1v) is 10.2. The molecule has 150 valence electrons. The van der Waals surface area contributed by atoms with E-state index in [9.17, 15) is 19.1 Å². The summed E-state index contributed by atoms with van der Waals surface area (Å²) >= 11 is 6.94. The number of hydrogen-bond acceptors (Lipinski definition) is 5. The van der Waals surface area contributed by atoms with Crippen molar-refractivity contribution in [1.82, 2.24) is 5.32 Å². The molecule has 2 aromatic rings. The molecular formula is C19H21ClFN3O3S. The maximum atomic E-state index is 14.4. The number of aliphatic hydroxyl groups excluding tert-OH is 1. The first-order chi connectivity index (χ1) is 13.4. The Morgan fingerprint density at radius 2 is 2.11 bits per heavy atom. The van der Waals surface area contributed by atoms with Gasteiger partial charge in [-0.05, 0) is 43.2 Å². The Bertz CT molecular complexity index is 861. The molecule has 0 spiro atoms. The summed E-state index contributed by atoms with van der Waals surface area (Å²) < 4.78 is 14.9. The SMILES string of the molecule is O=C(NC[C@H](O)CNc1ccc(N2CCCCC2=O)cc1F)c1ccc(Cl)s1. The number of halogens is 2. The van der Waals surface area contributed by atoms with Gasteiger partial charge >= 0.3 is 0 Å². The number of rotatable bonds is 7. The first kappa shape index (κ1) is 20.6. The minimum absolute atomic E-state index is 0.00421. The molecule has 1 fully saturated rings. The van der Waals surface area contributed by atoms with Crippen LogP contribution >= 0.6 is 22.9 Å². The summed E-state index contributed by atoms with van der Waals surface area (Å²) in [6.45, 7) is 0.673. The molecule has 1 aromatic heterocycles. The van der Waals surface area contributed by atoms with E-state index in [4.69, 9.17) is 11.6 Å². The maximum absolute atomic E-state index is 14.4. The molecule has 0 bridgehead atoms. The number of nitrogens with zero attached hydrogens (tertiary/aromatic N) is 1. The molecule has 0 radical (unpaired) electrons. The molecule has 1 aliphatic heterocycles. The molecule has 0 aliphatic carbocycles. The first-order valence-electron chi connectivity index (χ1n) is 8.99. The number of piperidine rings is 1. The van der Waals surface area contributed by atoms with Crippen LogP contribution in [0.3, 0.4) is 0 Å². The number of thiophene rings is 1. The summed E-state index contributed by atoms with van der Waals surface area (Å²) in [5.74, 6) is -0.817. The van der Waals surface area contributed by atoms with Crippen molar-refractivity contribution in [2.75, 3.05) is 29.9 Å². The van der Waals surface area contributed by atoms with Crippen molar-refractivity contribution in [2.24, 2.45) is 0 Å². The van der Waals surface area contributed by atoms with E-state index in [1.165, 1.54) is 6.07 Å². The van der Waals surface area contributed by atoms with Gasteiger partial charge < -0.3 is 20.6 Å². The quantitative estimate of drug-likeness (QED) is 0.636. The van der Waals surface area contributed by atoms with E-state index in [0.29, 0.717) is 27.9 Å². The number of carbonyl (C=O) groups excluding carboxylic acids is 2. The molecular weight excluding hydrogens is 405 g/mol. The normalized spacial score (nSPS) is 15.4. The van der Waals surface area contributed by atoms with Gasteiger partial charge in [-0.2, -0.15) is 0 Å². The zero-order valence-corrected chi connectivity index (χ0v) is 16.7. The summed E-state index contributed by atoms with van der Waals surface area (Å²) in [4.78, 5) is 25.9. The van der Waals surface area contributed by atoms with Gasteiger partial charge in [-0.25, -0.2) is 4.39 Å². The van der Waals surface area contributed by atoms with Gasteiger partial charge in [0.05, 0.1) is 21.0 Å². The topological polar surface area (TPSA) is 81.7 Å². The number of nitrogens with one attached hydrogen (secondary N) is 2. The lowest BCUT2D eigenvalue weighted by Crippen LogP contribution is -2.36. The Labute approximate surface area is 171 Å². The van der Waals surface area contributed by atoms with Crippen LogP contribution in [0.15, 0.2) is 30.3 Å². The molecule has 9 heteroatoms. The minimum atomic E-state index is -0.901. The summed E-state index contributed by atoms with van der Waals surface area (Å²) in [5, 5.41) is 15.4. The Kier molecular flexibility index (Phi) is 6.88. The number of hydrogen-bond donors (Lipinski definition) is 3. The van der Waals surface area contributed by atoms with Crippen molar-refractivity contribution in [3.05, 3.63) is 45.4 Å². The second-order valence-corrected chi connectivity index (χ2v) is 8.23. The van der Waals surface area contributed by atoms with Crippen molar-refractivity contribution in [3.8, 4) is 0 Å². The Balaban J connectivity index is 1.49. The number of amides is 2. The second kappa shape index (κ2) is 9.36. The number of benzene rings is 1. The smallest absolute Gasteiger partial charge is 0.261 e. The fourth-order valence-corrected chi connectivity index (χ4v) is 3.89. The molecule has 1 saturated heterocycles. The molecule has 1 aliphatic rings. The van der Waals surface area contributed by atoms with Gasteiger partial charge in [0.2, 0.25) is 5.91 Å². The van der Waals surface area contributed by atoms with E-state index < -0.39 is 11.9 Å². The molecule has 3 rings (SSSR count). The van der Waals surface area contributed by atoms with Gasteiger partial charge in [-0.15, -0.1) is 11.3 Å². The van der Waals surface area contributed by atoms with E-state index in [1.54, 1.807) is 29.2 Å². The van der Waals surface area contributed by atoms with Crippen LogP contribution in [0.4, 0.5) is 15.8 Å². The van der Waals surface area contributed by atoms with Crippen LogP contribution in [0.25, 0.3) is 0 Å². The van der Waals surface area contributed by atoms with Gasteiger partial charge in [-0.3, -0.25) is 9.59 Å². The highest BCUT2D eigenvalue weighted by atomic mass is 35.5. The maximum Gasteiger partial charge on any atom is 0.261 e. The molecule has 1 aromatic carbocycles. The van der Waals surface area contributed by atoms with Crippen LogP contribution in [0.2, 0.25) is 4.34 Å². The third-order valence-corrected chi connectivity index (χ3v) is 5.64. The van der Waals surface area contributed by atoms with Gasteiger partial charge in [0, 0.05) is 31.7 Å². The predicted molar refractivity (Wildman–Crippen MR) is 109 cm³/mol. The number of aliphatic hydroxyl groups is 1. The fraction of sp³-hybridized carbons (Fsp3) is 0.368. The molecule has 28 heavy (non-hydrogen) atoms.